The highest BCUT2D eigenvalue weighted by molar-refractivity contribution is 9.09. The van der Waals surface area contributed by atoms with E-state index in [0.29, 0.717) is 30.8 Å². The molecule has 6 heteroatoms. The Labute approximate surface area is 186 Å². The van der Waals surface area contributed by atoms with Crippen molar-refractivity contribution in [1.82, 2.24) is 0 Å². The van der Waals surface area contributed by atoms with Crippen LogP contribution in [0.3, 0.4) is 0 Å². The summed E-state index contributed by atoms with van der Waals surface area (Å²) in [5.74, 6) is 1.37. The summed E-state index contributed by atoms with van der Waals surface area (Å²) in [5.41, 5.74) is 0.434. The van der Waals surface area contributed by atoms with Crippen molar-refractivity contribution in [3.8, 4) is 17.6 Å². The van der Waals surface area contributed by atoms with E-state index in [1.807, 2.05) is 36.4 Å². The number of ketones is 1. The van der Waals surface area contributed by atoms with Gasteiger partial charge in [0.25, 0.3) is 0 Å². The fraction of sp³-hybridized carbons (Fsp3) is 0.375. The zero-order valence-corrected chi connectivity index (χ0v) is 19.0. The van der Waals surface area contributed by atoms with Crippen molar-refractivity contribution in [3.63, 3.8) is 0 Å². The Morgan fingerprint density at radius 3 is 2.47 bits per heavy atom. The molecule has 0 bridgehead atoms. The minimum Gasteiger partial charge on any atom is -0.493 e. The van der Waals surface area contributed by atoms with E-state index in [4.69, 9.17) is 9.47 Å². The highest BCUT2D eigenvalue weighted by Crippen LogP contribution is 2.32. The standard InChI is InChI=1S/C24H27BrN2O3/c1-29-22-12-11-19(16-23(22)30-2)17-27-24(18-26,20-8-4-3-5-9-20)14-13-21(28)10-6-7-15-25/h3-5,8-9,11-12,16-17H,6-7,10,13-15H2,1-2H3. The van der Waals surface area contributed by atoms with Gasteiger partial charge in [-0.3, -0.25) is 9.79 Å². The predicted octanol–water partition coefficient (Wildman–Crippen LogP) is 5.46. The topological polar surface area (TPSA) is 71.7 Å². The summed E-state index contributed by atoms with van der Waals surface area (Å²) in [6, 6.07) is 17.2. The van der Waals surface area contributed by atoms with Gasteiger partial charge in [0.05, 0.1) is 20.3 Å². The van der Waals surface area contributed by atoms with E-state index >= 15 is 0 Å². The first-order valence-electron chi connectivity index (χ1n) is 9.90. The van der Waals surface area contributed by atoms with Crippen molar-refractivity contribution in [2.45, 2.75) is 37.6 Å². The van der Waals surface area contributed by atoms with Crippen LogP contribution in [-0.4, -0.2) is 31.5 Å². The Hall–Kier alpha value is -2.65. The van der Waals surface area contributed by atoms with Crippen molar-refractivity contribution < 1.29 is 14.3 Å². The summed E-state index contributed by atoms with van der Waals surface area (Å²) < 4.78 is 10.6. The molecular formula is C24H27BrN2O3. The van der Waals surface area contributed by atoms with Crippen LogP contribution in [0.25, 0.3) is 0 Å². The number of aliphatic imine (C=N–C) groups is 1. The van der Waals surface area contributed by atoms with E-state index in [1.54, 1.807) is 32.6 Å². The van der Waals surface area contributed by atoms with Gasteiger partial charge < -0.3 is 9.47 Å². The van der Waals surface area contributed by atoms with Gasteiger partial charge in [-0.1, -0.05) is 46.3 Å². The Balaban J connectivity index is 2.29. The molecule has 2 aromatic rings. The van der Waals surface area contributed by atoms with E-state index in [2.05, 4.69) is 27.0 Å². The third-order valence-electron chi connectivity index (χ3n) is 4.88. The first-order valence-corrected chi connectivity index (χ1v) is 11.0. The molecule has 2 aromatic carbocycles. The summed E-state index contributed by atoms with van der Waals surface area (Å²) >= 11 is 3.38. The first-order chi connectivity index (χ1) is 14.6. The average molecular weight is 471 g/mol. The molecule has 0 heterocycles. The van der Waals surface area contributed by atoms with Crippen LogP contribution < -0.4 is 9.47 Å². The zero-order chi connectivity index (χ0) is 21.8. The molecule has 1 unspecified atom stereocenters. The normalized spacial score (nSPS) is 12.9. The molecule has 0 aromatic heterocycles. The van der Waals surface area contributed by atoms with Crippen LogP contribution in [-0.2, 0) is 10.3 Å². The van der Waals surface area contributed by atoms with Crippen LogP contribution in [0.2, 0.25) is 0 Å². The molecule has 0 saturated carbocycles. The Morgan fingerprint density at radius 1 is 1.10 bits per heavy atom. The van der Waals surface area contributed by atoms with E-state index in [0.717, 1.165) is 29.3 Å². The molecule has 0 amide bonds. The molecule has 0 saturated heterocycles. The second-order valence-corrected chi connectivity index (χ2v) is 7.69. The Bertz CT molecular complexity index is 893. The zero-order valence-electron chi connectivity index (χ0n) is 17.4. The summed E-state index contributed by atoms with van der Waals surface area (Å²) in [4.78, 5) is 17.0. The molecule has 0 aliphatic rings. The number of nitriles is 1. The molecule has 0 fully saturated rings. The van der Waals surface area contributed by atoms with Crippen molar-refractivity contribution in [3.05, 3.63) is 59.7 Å². The number of benzene rings is 2. The fourth-order valence-corrected chi connectivity index (χ4v) is 3.52. The molecule has 158 valence electrons. The van der Waals surface area contributed by atoms with Gasteiger partial charge in [-0.25, -0.2) is 0 Å². The number of ether oxygens (including phenoxy) is 2. The SMILES string of the molecule is COc1ccc(C=NC(C#N)(CCC(=O)CCCCBr)c2ccccc2)cc1OC. The lowest BCUT2D eigenvalue weighted by Crippen LogP contribution is -2.23. The molecule has 0 aliphatic heterocycles. The number of unbranched alkanes of at least 4 members (excludes halogenated alkanes) is 1. The van der Waals surface area contributed by atoms with Crippen molar-refractivity contribution in [2.24, 2.45) is 4.99 Å². The monoisotopic (exact) mass is 470 g/mol. The largest absolute Gasteiger partial charge is 0.493 e. The van der Waals surface area contributed by atoms with Crippen LogP contribution in [0.15, 0.2) is 53.5 Å². The summed E-state index contributed by atoms with van der Waals surface area (Å²) in [6.07, 6.45) is 4.66. The van der Waals surface area contributed by atoms with Gasteiger partial charge in [0.2, 0.25) is 0 Å². The number of methoxy groups -OCH3 is 2. The quantitative estimate of drug-likeness (QED) is 0.234. The number of carbonyl (C=O) groups is 1. The van der Waals surface area contributed by atoms with Crippen LogP contribution in [0.1, 0.15) is 43.2 Å². The lowest BCUT2D eigenvalue weighted by atomic mass is 9.86. The molecular weight excluding hydrogens is 444 g/mol. The average Bonchev–Trinajstić information content (AvgIpc) is 2.80. The number of Topliss-reactive ketones (excluding diaryl/α,β-unsaturated/α-hetero) is 1. The van der Waals surface area contributed by atoms with Crippen LogP contribution in [0.4, 0.5) is 0 Å². The molecule has 5 nitrogen and oxygen atoms in total. The lowest BCUT2D eigenvalue weighted by molar-refractivity contribution is -0.119. The summed E-state index contributed by atoms with van der Waals surface area (Å²) in [5, 5.41) is 11.0. The summed E-state index contributed by atoms with van der Waals surface area (Å²) in [7, 11) is 3.15. The molecule has 1 atom stereocenters. The van der Waals surface area contributed by atoms with Gasteiger partial charge in [-0.05, 0) is 48.6 Å². The van der Waals surface area contributed by atoms with Gasteiger partial charge in [0, 0.05) is 24.4 Å². The Morgan fingerprint density at radius 2 is 1.83 bits per heavy atom. The van der Waals surface area contributed by atoms with Gasteiger partial charge in [-0.2, -0.15) is 5.26 Å². The first kappa shape index (κ1) is 23.6. The second-order valence-electron chi connectivity index (χ2n) is 6.90. The van der Waals surface area contributed by atoms with Gasteiger partial charge in [0.1, 0.15) is 5.78 Å². The van der Waals surface area contributed by atoms with E-state index in [-0.39, 0.29) is 5.78 Å². The number of alkyl halides is 1. The molecule has 30 heavy (non-hydrogen) atoms. The minimum atomic E-state index is -1.13. The van der Waals surface area contributed by atoms with Crippen molar-refractivity contribution >= 4 is 27.9 Å². The lowest BCUT2D eigenvalue weighted by Gasteiger charge is -2.22. The maximum Gasteiger partial charge on any atom is 0.172 e. The Kier molecular flexibility index (Phi) is 9.56. The van der Waals surface area contributed by atoms with Gasteiger partial charge >= 0.3 is 0 Å². The van der Waals surface area contributed by atoms with E-state index in [1.165, 1.54) is 0 Å². The molecule has 2 rings (SSSR count). The minimum absolute atomic E-state index is 0.160. The van der Waals surface area contributed by atoms with Crippen LogP contribution in [0, 0.1) is 11.3 Å². The molecule has 0 N–H and O–H groups in total. The third kappa shape index (κ3) is 6.43. The third-order valence-corrected chi connectivity index (χ3v) is 5.44. The number of halogens is 1. The summed E-state index contributed by atoms with van der Waals surface area (Å²) in [6.45, 7) is 0. The molecule has 0 aliphatic carbocycles. The van der Waals surface area contributed by atoms with E-state index in [9.17, 15) is 10.1 Å². The maximum atomic E-state index is 12.3. The van der Waals surface area contributed by atoms with Gasteiger partial charge in [-0.15, -0.1) is 0 Å². The van der Waals surface area contributed by atoms with E-state index < -0.39 is 5.54 Å². The number of carbonyl (C=O) groups excluding carboxylic acids is 1. The van der Waals surface area contributed by atoms with Crippen molar-refractivity contribution in [1.29, 1.82) is 5.26 Å². The van der Waals surface area contributed by atoms with Gasteiger partial charge in [0.15, 0.2) is 17.0 Å². The number of nitrogens with zero attached hydrogens (tertiary/aromatic N) is 2. The number of rotatable bonds is 12. The number of hydrogen-bond donors (Lipinski definition) is 0. The highest BCUT2D eigenvalue weighted by atomic mass is 79.9. The molecule has 0 radical (unpaired) electrons. The van der Waals surface area contributed by atoms with Crippen LogP contribution >= 0.6 is 15.9 Å². The van der Waals surface area contributed by atoms with Crippen molar-refractivity contribution in [2.75, 3.05) is 19.5 Å². The number of hydrogen-bond acceptors (Lipinski definition) is 5. The smallest absolute Gasteiger partial charge is 0.172 e. The predicted molar refractivity (Wildman–Crippen MR) is 123 cm³/mol. The molecule has 0 spiro atoms. The fourth-order valence-electron chi connectivity index (χ4n) is 3.13. The van der Waals surface area contributed by atoms with Crippen LogP contribution in [0.5, 0.6) is 11.5 Å². The maximum absolute atomic E-state index is 12.3. The highest BCUT2D eigenvalue weighted by Gasteiger charge is 2.31. The second kappa shape index (κ2) is 12.1.